The number of nitrogens with two attached hydrogens (primary N) is 2. The maximum absolute atomic E-state index is 13.7. The molecule has 3 rings (SSSR count). The van der Waals surface area contributed by atoms with Crippen LogP contribution in [0.4, 0.5) is 11.8 Å². The van der Waals surface area contributed by atoms with E-state index < -0.39 is 0 Å². The second kappa shape index (κ2) is 11.6. The molecule has 2 heterocycles. The van der Waals surface area contributed by atoms with Crippen LogP contribution in [0.25, 0.3) is 0 Å². The summed E-state index contributed by atoms with van der Waals surface area (Å²) in [5.41, 5.74) is 13.3. The normalized spacial score (nSPS) is 19.8. The molecule has 9 nitrogen and oxygen atoms in total. The van der Waals surface area contributed by atoms with Crippen molar-refractivity contribution < 1.29 is 4.79 Å². The smallest absolute Gasteiger partial charge is 0.274 e. The van der Waals surface area contributed by atoms with Crippen molar-refractivity contribution >= 4 is 17.7 Å². The maximum Gasteiger partial charge on any atom is 0.274 e. The molecule has 1 saturated heterocycles. The Morgan fingerprint density at radius 3 is 2.97 bits per heavy atom. The first-order valence-corrected chi connectivity index (χ1v) is 11.4. The summed E-state index contributed by atoms with van der Waals surface area (Å²) in [5, 5.41) is 12.5. The van der Waals surface area contributed by atoms with Crippen molar-refractivity contribution in [3.63, 3.8) is 0 Å². The van der Waals surface area contributed by atoms with Gasteiger partial charge in [0.1, 0.15) is 0 Å². The topological polar surface area (TPSA) is 129 Å². The van der Waals surface area contributed by atoms with E-state index in [0.29, 0.717) is 56.6 Å². The average molecular weight is 451 g/mol. The number of hydrogen-bond acceptors (Lipinski definition) is 7. The molecule has 1 unspecified atom stereocenters. The number of carbonyl (C=O) groups is 1. The fourth-order valence-electron chi connectivity index (χ4n) is 4.18. The number of carbonyl (C=O) groups excluding carboxylic acids is 1. The molecule has 5 N–H and O–H groups in total. The molecule has 2 atom stereocenters. The fourth-order valence-corrected chi connectivity index (χ4v) is 4.18. The summed E-state index contributed by atoms with van der Waals surface area (Å²) in [6.07, 6.45) is 8.54. The van der Waals surface area contributed by atoms with Gasteiger partial charge in [0.15, 0.2) is 11.5 Å². The van der Waals surface area contributed by atoms with Gasteiger partial charge in [0.05, 0.1) is 18.5 Å². The van der Waals surface area contributed by atoms with Crippen molar-refractivity contribution in [2.24, 2.45) is 17.4 Å². The van der Waals surface area contributed by atoms with Crippen molar-refractivity contribution in [3.8, 4) is 17.9 Å². The average Bonchev–Trinajstić information content (AvgIpc) is 3.19. The van der Waals surface area contributed by atoms with Gasteiger partial charge in [-0.3, -0.25) is 9.36 Å². The lowest BCUT2D eigenvalue weighted by Crippen LogP contribution is -2.44. The molecule has 1 amide bonds. The second-order valence-corrected chi connectivity index (χ2v) is 8.46. The highest BCUT2D eigenvalue weighted by Gasteiger charge is 2.29. The lowest BCUT2D eigenvalue weighted by molar-refractivity contribution is 0.0798. The van der Waals surface area contributed by atoms with Crippen LogP contribution in [-0.2, 0) is 6.54 Å². The molecule has 0 bridgehead atoms. The van der Waals surface area contributed by atoms with E-state index in [-0.39, 0.29) is 17.9 Å². The minimum absolute atomic E-state index is 0.0709. The van der Waals surface area contributed by atoms with E-state index in [1.54, 1.807) is 18.9 Å². The van der Waals surface area contributed by atoms with E-state index in [2.05, 4.69) is 28.1 Å². The number of imidazole rings is 1. The van der Waals surface area contributed by atoms with Crippen LogP contribution in [0.5, 0.6) is 0 Å². The molecule has 1 fully saturated rings. The first kappa shape index (κ1) is 24.4. The number of rotatable bonds is 8. The number of nitriles is 1. The van der Waals surface area contributed by atoms with E-state index in [9.17, 15) is 10.1 Å². The summed E-state index contributed by atoms with van der Waals surface area (Å²) in [6.45, 7) is 4.96. The van der Waals surface area contributed by atoms with Crippen LogP contribution in [0.2, 0.25) is 0 Å². The zero-order chi connectivity index (χ0) is 23.8. The first-order valence-electron chi connectivity index (χ1n) is 11.4. The number of anilines is 2. The third-order valence-corrected chi connectivity index (χ3v) is 5.81. The SMILES string of the molecule is CC#CCn1c(N2CCC[C@@H](N)C2)nc(NCCN)c1C(=O)N(C)CC1=CC(C#N)CC=C1. The van der Waals surface area contributed by atoms with Crippen LogP contribution in [-0.4, -0.2) is 66.2 Å². The Kier molecular flexibility index (Phi) is 8.53. The predicted octanol–water partition coefficient (Wildman–Crippen LogP) is 1.30. The lowest BCUT2D eigenvalue weighted by atomic mass is 9.97. The van der Waals surface area contributed by atoms with E-state index in [1.807, 2.05) is 22.8 Å². The van der Waals surface area contributed by atoms with Gasteiger partial charge in [-0.2, -0.15) is 10.2 Å². The van der Waals surface area contributed by atoms with E-state index >= 15 is 0 Å². The van der Waals surface area contributed by atoms with Crippen LogP contribution in [0.1, 0.15) is 36.7 Å². The zero-order valence-electron chi connectivity index (χ0n) is 19.5. The van der Waals surface area contributed by atoms with Gasteiger partial charge in [0.2, 0.25) is 5.95 Å². The van der Waals surface area contributed by atoms with E-state index in [1.165, 1.54) is 0 Å². The number of likely N-dealkylation sites (N-methyl/N-ethyl adjacent to an activating group) is 1. The summed E-state index contributed by atoms with van der Waals surface area (Å²) < 4.78 is 1.88. The van der Waals surface area contributed by atoms with Gasteiger partial charge in [0, 0.05) is 45.8 Å². The molecule has 9 heteroatoms. The minimum atomic E-state index is -0.166. The van der Waals surface area contributed by atoms with Gasteiger partial charge in [-0.1, -0.05) is 24.1 Å². The van der Waals surface area contributed by atoms with Crippen molar-refractivity contribution in [2.75, 3.05) is 50.0 Å². The number of allylic oxidation sites excluding steroid dienone is 2. The highest BCUT2D eigenvalue weighted by molar-refractivity contribution is 5.98. The molecule has 0 aromatic carbocycles. The number of aromatic nitrogens is 2. The van der Waals surface area contributed by atoms with Crippen molar-refractivity contribution in [2.45, 2.75) is 38.8 Å². The molecule has 2 aliphatic rings. The number of piperidine rings is 1. The third kappa shape index (κ3) is 5.95. The largest absolute Gasteiger partial charge is 0.367 e. The first-order chi connectivity index (χ1) is 16.0. The number of nitrogens with zero attached hydrogens (tertiary/aromatic N) is 5. The Balaban J connectivity index is 1.96. The molecular formula is C24H34N8O. The highest BCUT2D eigenvalue weighted by atomic mass is 16.2. The third-order valence-electron chi connectivity index (χ3n) is 5.81. The van der Waals surface area contributed by atoms with Crippen molar-refractivity contribution in [1.29, 1.82) is 5.26 Å². The summed E-state index contributed by atoms with van der Waals surface area (Å²) >= 11 is 0. The fraction of sp³-hybridized carbons (Fsp3) is 0.542. The van der Waals surface area contributed by atoms with Gasteiger partial charge in [-0.05, 0) is 31.8 Å². The predicted molar refractivity (Wildman–Crippen MR) is 131 cm³/mol. The molecule has 1 aliphatic carbocycles. The number of amides is 1. The Labute approximate surface area is 196 Å². The molecule has 33 heavy (non-hydrogen) atoms. The van der Waals surface area contributed by atoms with Crippen molar-refractivity contribution in [3.05, 3.63) is 29.5 Å². The summed E-state index contributed by atoms with van der Waals surface area (Å²) in [5.74, 6) is 6.89. The molecule has 176 valence electrons. The molecular weight excluding hydrogens is 416 g/mol. The van der Waals surface area contributed by atoms with E-state index in [4.69, 9.17) is 16.5 Å². The van der Waals surface area contributed by atoms with Crippen LogP contribution in [0.15, 0.2) is 23.8 Å². The molecule has 1 aromatic heterocycles. The van der Waals surface area contributed by atoms with E-state index in [0.717, 1.165) is 25.0 Å². The molecule has 0 saturated carbocycles. The molecule has 0 radical (unpaired) electrons. The monoisotopic (exact) mass is 450 g/mol. The number of nitrogens with one attached hydrogen (secondary N) is 1. The van der Waals surface area contributed by atoms with Gasteiger partial charge in [0.25, 0.3) is 5.91 Å². The minimum Gasteiger partial charge on any atom is -0.367 e. The molecule has 1 aliphatic heterocycles. The van der Waals surface area contributed by atoms with Gasteiger partial charge in [-0.25, -0.2) is 0 Å². The standard InChI is InChI=1S/C24H34N8O/c1-3-4-13-32-21(23(33)30(2)16-19-8-5-7-18(14-19)15-26)22(28-11-10-25)29-24(32)31-12-6-9-20(27)17-31/h5,8,14,18,20,28H,6-7,9-13,16-17,25,27H2,1-2H3/t18?,20-/m1/s1. The Hall–Kier alpha value is -3.27. The Morgan fingerprint density at radius 2 is 2.27 bits per heavy atom. The zero-order valence-corrected chi connectivity index (χ0v) is 19.5. The van der Waals surface area contributed by atoms with Crippen LogP contribution < -0.4 is 21.7 Å². The van der Waals surface area contributed by atoms with Crippen LogP contribution >= 0.6 is 0 Å². The number of hydrogen-bond donors (Lipinski definition) is 3. The van der Waals surface area contributed by atoms with Crippen LogP contribution in [0, 0.1) is 29.1 Å². The maximum atomic E-state index is 13.7. The van der Waals surface area contributed by atoms with Gasteiger partial charge >= 0.3 is 0 Å². The lowest BCUT2D eigenvalue weighted by Gasteiger charge is -2.32. The van der Waals surface area contributed by atoms with Gasteiger partial charge in [-0.15, -0.1) is 5.92 Å². The summed E-state index contributed by atoms with van der Waals surface area (Å²) in [4.78, 5) is 22.3. The summed E-state index contributed by atoms with van der Waals surface area (Å²) in [6, 6.07) is 2.35. The highest BCUT2D eigenvalue weighted by Crippen LogP contribution is 2.28. The van der Waals surface area contributed by atoms with Gasteiger partial charge < -0.3 is 26.6 Å². The summed E-state index contributed by atoms with van der Waals surface area (Å²) in [7, 11) is 1.76. The van der Waals surface area contributed by atoms with Crippen molar-refractivity contribution in [1.82, 2.24) is 14.5 Å². The molecule has 0 spiro atoms. The second-order valence-electron chi connectivity index (χ2n) is 8.46. The molecule has 1 aromatic rings. The Morgan fingerprint density at radius 1 is 1.45 bits per heavy atom. The quantitative estimate of drug-likeness (QED) is 0.509. The Bertz CT molecular complexity index is 1010. The van der Waals surface area contributed by atoms with Crippen LogP contribution in [0.3, 0.4) is 0 Å².